The third-order valence-electron chi connectivity index (χ3n) is 2.27. The molecule has 5 nitrogen and oxygen atoms in total. The van der Waals surface area contributed by atoms with Crippen LogP contribution in [0.4, 0.5) is 13.8 Å². The first-order valence-corrected chi connectivity index (χ1v) is 6.09. The van der Waals surface area contributed by atoms with E-state index in [2.05, 4.69) is 19.6 Å². The summed E-state index contributed by atoms with van der Waals surface area (Å²) in [6.45, 7) is -2.43. The fourth-order valence-corrected chi connectivity index (χ4v) is 1.87. The van der Waals surface area contributed by atoms with E-state index < -0.39 is 6.61 Å². The van der Waals surface area contributed by atoms with Crippen LogP contribution in [0.25, 0.3) is 0 Å². The predicted octanol–water partition coefficient (Wildman–Crippen LogP) is 2.76. The van der Waals surface area contributed by atoms with Crippen molar-refractivity contribution >= 4 is 16.5 Å². The number of anilines is 1. The largest absolute Gasteiger partial charge is 0.493 e. The second-order valence-electron chi connectivity index (χ2n) is 3.50. The number of aromatic nitrogens is 2. The summed E-state index contributed by atoms with van der Waals surface area (Å²) in [5.41, 5.74) is 0.782. The molecule has 8 heteroatoms. The minimum absolute atomic E-state index is 0.0132. The molecule has 0 amide bonds. The fraction of sp³-hybridized carbons (Fsp3) is 0.273. The van der Waals surface area contributed by atoms with Gasteiger partial charge in [-0.1, -0.05) is 10.6 Å². The molecule has 0 aliphatic heterocycles. The summed E-state index contributed by atoms with van der Waals surface area (Å²) in [5.74, 6) is 0.280. The van der Waals surface area contributed by atoms with Gasteiger partial charge in [-0.3, -0.25) is 0 Å². The number of hydrogen-bond donors (Lipinski definition) is 1. The van der Waals surface area contributed by atoms with Crippen molar-refractivity contribution in [2.75, 3.05) is 12.4 Å². The van der Waals surface area contributed by atoms with Gasteiger partial charge in [-0.05, 0) is 17.7 Å². The molecule has 2 rings (SSSR count). The highest BCUT2D eigenvalue weighted by Gasteiger charge is 2.11. The lowest BCUT2D eigenvalue weighted by Gasteiger charge is -2.11. The summed E-state index contributed by atoms with van der Waals surface area (Å²) in [7, 11) is 1.40. The van der Waals surface area contributed by atoms with E-state index >= 15 is 0 Å². The van der Waals surface area contributed by atoms with E-state index in [1.807, 2.05) is 0 Å². The van der Waals surface area contributed by atoms with E-state index in [1.54, 1.807) is 18.3 Å². The zero-order valence-corrected chi connectivity index (χ0v) is 10.8. The van der Waals surface area contributed by atoms with Crippen LogP contribution in [0.2, 0.25) is 0 Å². The summed E-state index contributed by atoms with van der Waals surface area (Å²) in [4.78, 5) is 0. The Morgan fingerprint density at radius 2 is 2.21 bits per heavy atom. The smallest absolute Gasteiger partial charge is 0.387 e. The molecule has 1 aromatic carbocycles. The van der Waals surface area contributed by atoms with Crippen LogP contribution in [0.3, 0.4) is 0 Å². The van der Waals surface area contributed by atoms with Gasteiger partial charge in [0.25, 0.3) is 0 Å². The van der Waals surface area contributed by atoms with E-state index in [4.69, 9.17) is 4.74 Å². The van der Waals surface area contributed by atoms with E-state index in [9.17, 15) is 8.78 Å². The molecule has 0 unspecified atom stereocenters. The van der Waals surface area contributed by atoms with Crippen molar-refractivity contribution in [3.63, 3.8) is 0 Å². The highest BCUT2D eigenvalue weighted by atomic mass is 32.1. The zero-order chi connectivity index (χ0) is 13.7. The third kappa shape index (κ3) is 3.75. The van der Waals surface area contributed by atoms with Crippen molar-refractivity contribution in [2.24, 2.45) is 0 Å². The first-order chi connectivity index (χ1) is 9.19. The molecule has 0 fully saturated rings. The Labute approximate surface area is 112 Å². The molecule has 0 aliphatic carbocycles. The summed E-state index contributed by atoms with van der Waals surface area (Å²) in [6.07, 6.45) is 1.59. The standard InChI is InChI=1S/C11H11F2N3O2S/c1-17-8-3-2-7(4-9(8)18-11(12)13)5-14-10-6-15-16-19-10/h2-4,6,11,14H,5H2,1H3. The molecule has 1 aromatic heterocycles. The van der Waals surface area contributed by atoms with Gasteiger partial charge >= 0.3 is 6.61 Å². The minimum Gasteiger partial charge on any atom is -0.493 e. The molecule has 0 radical (unpaired) electrons. The predicted molar refractivity (Wildman–Crippen MR) is 66.9 cm³/mol. The highest BCUT2D eigenvalue weighted by molar-refractivity contribution is 7.09. The van der Waals surface area contributed by atoms with Crippen LogP contribution in [-0.4, -0.2) is 23.3 Å². The summed E-state index contributed by atoms with van der Waals surface area (Å²) < 4.78 is 37.6. The van der Waals surface area contributed by atoms with Crippen molar-refractivity contribution < 1.29 is 18.3 Å². The monoisotopic (exact) mass is 287 g/mol. The number of benzene rings is 1. The molecule has 102 valence electrons. The average molecular weight is 287 g/mol. The SMILES string of the molecule is COc1ccc(CNc2cnns2)cc1OC(F)F. The maximum absolute atomic E-state index is 12.3. The number of nitrogens with one attached hydrogen (secondary N) is 1. The number of hydrogen-bond acceptors (Lipinski definition) is 6. The van der Waals surface area contributed by atoms with Crippen molar-refractivity contribution in [1.29, 1.82) is 0 Å². The quantitative estimate of drug-likeness (QED) is 0.885. The first-order valence-electron chi connectivity index (χ1n) is 5.32. The molecule has 0 spiro atoms. The fourth-order valence-electron chi connectivity index (χ4n) is 1.45. The van der Waals surface area contributed by atoms with Crippen LogP contribution < -0.4 is 14.8 Å². The molecule has 0 saturated carbocycles. The minimum atomic E-state index is -2.89. The Hall–Kier alpha value is -1.96. The van der Waals surface area contributed by atoms with Gasteiger partial charge in [0.2, 0.25) is 0 Å². The van der Waals surface area contributed by atoms with Crippen LogP contribution in [0.5, 0.6) is 11.5 Å². The van der Waals surface area contributed by atoms with Crippen LogP contribution in [-0.2, 0) is 6.54 Å². The van der Waals surface area contributed by atoms with Crippen LogP contribution >= 0.6 is 11.5 Å². The number of rotatable bonds is 6. The van der Waals surface area contributed by atoms with Crippen molar-refractivity contribution in [3.8, 4) is 11.5 Å². The lowest BCUT2D eigenvalue weighted by molar-refractivity contribution is -0.0512. The normalized spacial score (nSPS) is 10.5. The number of alkyl halides is 2. The zero-order valence-electron chi connectivity index (χ0n) is 9.97. The van der Waals surface area contributed by atoms with E-state index in [0.29, 0.717) is 6.54 Å². The maximum Gasteiger partial charge on any atom is 0.387 e. The van der Waals surface area contributed by atoms with Gasteiger partial charge in [0, 0.05) is 18.1 Å². The molecule has 0 atom stereocenters. The number of halogens is 2. The Kier molecular flexibility index (Phi) is 4.45. The average Bonchev–Trinajstić information content (AvgIpc) is 2.89. The number of methoxy groups -OCH3 is 1. The second kappa shape index (κ2) is 6.28. The molecule has 0 aliphatic rings. The molecule has 2 aromatic rings. The van der Waals surface area contributed by atoms with Crippen LogP contribution in [0.15, 0.2) is 24.4 Å². The van der Waals surface area contributed by atoms with Gasteiger partial charge in [0.15, 0.2) is 11.5 Å². The van der Waals surface area contributed by atoms with Gasteiger partial charge in [0.05, 0.1) is 13.3 Å². The summed E-state index contributed by atoms with van der Waals surface area (Å²) >= 11 is 1.22. The van der Waals surface area contributed by atoms with Crippen molar-refractivity contribution in [3.05, 3.63) is 30.0 Å². The Morgan fingerprint density at radius 1 is 1.37 bits per heavy atom. The third-order valence-corrected chi connectivity index (χ3v) is 2.89. The lowest BCUT2D eigenvalue weighted by Crippen LogP contribution is -2.05. The van der Waals surface area contributed by atoms with E-state index in [1.165, 1.54) is 24.7 Å². The van der Waals surface area contributed by atoms with E-state index in [0.717, 1.165) is 10.6 Å². The molecule has 0 bridgehead atoms. The molecular formula is C11H11F2N3O2S. The highest BCUT2D eigenvalue weighted by Crippen LogP contribution is 2.29. The van der Waals surface area contributed by atoms with Crippen molar-refractivity contribution in [1.82, 2.24) is 9.59 Å². The Balaban J connectivity index is 2.08. The lowest BCUT2D eigenvalue weighted by atomic mass is 10.2. The summed E-state index contributed by atoms with van der Waals surface area (Å²) in [6, 6.07) is 4.85. The first kappa shape index (κ1) is 13.5. The van der Waals surface area contributed by atoms with E-state index in [-0.39, 0.29) is 11.5 Å². The van der Waals surface area contributed by atoms with Gasteiger partial charge in [-0.15, -0.1) is 5.10 Å². The van der Waals surface area contributed by atoms with Gasteiger partial charge < -0.3 is 14.8 Å². The van der Waals surface area contributed by atoms with Gasteiger partial charge in [-0.2, -0.15) is 8.78 Å². The maximum atomic E-state index is 12.3. The van der Waals surface area contributed by atoms with Crippen molar-refractivity contribution in [2.45, 2.75) is 13.2 Å². The molecule has 19 heavy (non-hydrogen) atoms. The molecule has 0 saturated heterocycles. The topological polar surface area (TPSA) is 56.3 Å². The second-order valence-corrected chi connectivity index (χ2v) is 4.28. The number of nitrogens with zero attached hydrogens (tertiary/aromatic N) is 2. The number of ether oxygens (including phenoxy) is 2. The molecule has 1 heterocycles. The van der Waals surface area contributed by atoms with Gasteiger partial charge in [-0.25, -0.2) is 0 Å². The Morgan fingerprint density at radius 3 is 2.84 bits per heavy atom. The van der Waals surface area contributed by atoms with Crippen LogP contribution in [0.1, 0.15) is 5.56 Å². The Bertz CT molecular complexity index is 523. The molecular weight excluding hydrogens is 276 g/mol. The molecule has 1 N–H and O–H groups in total. The summed E-state index contributed by atoms with van der Waals surface area (Å²) in [5, 5.41) is 7.55. The van der Waals surface area contributed by atoms with Gasteiger partial charge in [0.1, 0.15) is 5.00 Å². The van der Waals surface area contributed by atoms with Crippen LogP contribution in [0, 0.1) is 0 Å².